The fourth-order valence-corrected chi connectivity index (χ4v) is 1.93. The minimum atomic E-state index is -0.849. The average molecular weight is 294 g/mol. The van der Waals surface area contributed by atoms with Crippen LogP contribution in [0, 0.1) is 5.92 Å². The first-order chi connectivity index (χ1) is 10.1. The van der Waals surface area contributed by atoms with Gasteiger partial charge in [0.15, 0.2) is 0 Å². The van der Waals surface area contributed by atoms with Crippen LogP contribution in [0.25, 0.3) is 0 Å². The van der Waals surface area contributed by atoms with Gasteiger partial charge in [0.1, 0.15) is 5.75 Å². The third-order valence-corrected chi connectivity index (χ3v) is 3.22. The number of benzene rings is 1. The second-order valence-electron chi connectivity index (χ2n) is 4.75. The molecule has 2 amide bonds. The number of carbonyl (C=O) groups is 2. The predicted molar refractivity (Wildman–Crippen MR) is 79.3 cm³/mol. The monoisotopic (exact) mass is 294 g/mol. The van der Waals surface area contributed by atoms with E-state index in [1.54, 1.807) is 7.11 Å². The molecule has 3 N–H and O–H groups in total. The number of carboxylic acid groups (broad SMARTS) is 1. The highest BCUT2D eigenvalue weighted by Gasteiger charge is 2.12. The van der Waals surface area contributed by atoms with Gasteiger partial charge in [-0.1, -0.05) is 31.5 Å². The normalized spacial score (nSPS) is 11.5. The molecule has 0 saturated heterocycles. The van der Waals surface area contributed by atoms with Gasteiger partial charge in [-0.2, -0.15) is 0 Å². The summed E-state index contributed by atoms with van der Waals surface area (Å²) in [6, 6.07) is 7.12. The van der Waals surface area contributed by atoms with Crippen LogP contribution in [0.3, 0.4) is 0 Å². The molecule has 6 heteroatoms. The lowest BCUT2D eigenvalue weighted by atomic mass is 10.0. The van der Waals surface area contributed by atoms with Gasteiger partial charge in [-0.05, 0) is 12.0 Å². The van der Waals surface area contributed by atoms with Gasteiger partial charge in [0.05, 0.1) is 7.11 Å². The Morgan fingerprint density at radius 3 is 2.62 bits per heavy atom. The van der Waals surface area contributed by atoms with Crippen LogP contribution in [-0.4, -0.2) is 30.8 Å². The van der Waals surface area contributed by atoms with Crippen LogP contribution in [0.1, 0.15) is 25.3 Å². The van der Waals surface area contributed by atoms with E-state index >= 15 is 0 Å². The van der Waals surface area contributed by atoms with Gasteiger partial charge in [-0.3, -0.25) is 4.79 Å². The molecule has 0 fully saturated rings. The highest BCUT2D eigenvalue weighted by atomic mass is 16.5. The first kappa shape index (κ1) is 16.8. The molecule has 0 bridgehead atoms. The van der Waals surface area contributed by atoms with Crippen molar-refractivity contribution < 1.29 is 19.4 Å². The van der Waals surface area contributed by atoms with Crippen molar-refractivity contribution in [3.63, 3.8) is 0 Å². The van der Waals surface area contributed by atoms with Gasteiger partial charge in [0.25, 0.3) is 0 Å². The summed E-state index contributed by atoms with van der Waals surface area (Å²) in [5, 5.41) is 14.2. The van der Waals surface area contributed by atoms with Crippen molar-refractivity contribution in [2.75, 3.05) is 13.7 Å². The number of carbonyl (C=O) groups excluding carboxylic acids is 1. The van der Waals surface area contributed by atoms with Crippen LogP contribution >= 0.6 is 0 Å². The molecule has 1 rings (SSSR count). The highest BCUT2D eigenvalue weighted by molar-refractivity contribution is 5.74. The minimum Gasteiger partial charge on any atom is -0.496 e. The zero-order valence-electron chi connectivity index (χ0n) is 12.4. The first-order valence-corrected chi connectivity index (χ1v) is 6.92. The van der Waals surface area contributed by atoms with Crippen LogP contribution in [0.15, 0.2) is 24.3 Å². The van der Waals surface area contributed by atoms with Crippen molar-refractivity contribution in [2.24, 2.45) is 5.92 Å². The largest absolute Gasteiger partial charge is 0.496 e. The lowest BCUT2D eigenvalue weighted by molar-refractivity contribution is -0.138. The van der Waals surface area contributed by atoms with E-state index in [0.29, 0.717) is 19.5 Å². The Labute approximate surface area is 124 Å². The second-order valence-corrected chi connectivity index (χ2v) is 4.75. The molecular weight excluding hydrogens is 272 g/mol. The molecule has 0 saturated carbocycles. The van der Waals surface area contributed by atoms with Gasteiger partial charge < -0.3 is 20.5 Å². The van der Waals surface area contributed by atoms with E-state index in [1.165, 1.54) is 0 Å². The minimum absolute atomic E-state index is 0.0560. The Kier molecular flexibility index (Phi) is 7.08. The summed E-state index contributed by atoms with van der Waals surface area (Å²) in [5.41, 5.74) is 0.882. The molecule has 0 aliphatic rings. The number of carboxylic acids is 1. The maximum atomic E-state index is 11.7. The summed E-state index contributed by atoms with van der Waals surface area (Å²) in [6.07, 6.45) is 0.766. The molecule has 1 atom stereocenters. The molecule has 1 aromatic rings. The van der Waals surface area contributed by atoms with Crippen molar-refractivity contribution >= 4 is 12.0 Å². The molecule has 0 aliphatic heterocycles. The molecule has 6 nitrogen and oxygen atoms in total. The molecule has 0 heterocycles. The van der Waals surface area contributed by atoms with Crippen molar-refractivity contribution in [3.05, 3.63) is 29.8 Å². The SMILES string of the molecule is CCC(CNC(=O)NCc1ccccc1OC)CC(=O)O. The van der Waals surface area contributed by atoms with E-state index in [9.17, 15) is 9.59 Å². The molecule has 0 aliphatic carbocycles. The quantitative estimate of drug-likeness (QED) is 0.684. The maximum Gasteiger partial charge on any atom is 0.315 e. The van der Waals surface area contributed by atoms with Crippen LogP contribution in [0.5, 0.6) is 5.75 Å². The summed E-state index contributed by atoms with van der Waals surface area (Å²) in [6.45, 7) is 2.61. The summed E-state index contributed by atoms with van der Waals surface area (Å²) in [5.74, 6) is -0.187. The van der Waals surface area contributed by atoms with Crippen molar-refractivity contribution in [3.8, 4) is 5.75 Å². The van der Waals surface area contributed by atoms with Crippen LogP contribution in [0.2, 0.25) is 0 Å². The highest BCUT2D eigenvalue weighted by Crippen LogP contribution is 2.16. The number of ether oxygens (including phenoxy) is 1. The Morgan fingerprint density at radius 1 is 1.29 bits per heavy atom. The number of aliphatic carboxylic acids is 1. The molecule has 0 spiro atoms. The molecule has 1 unspecified atom stereocenters. The van der Waals surface area contributed by atoms with E-state index in [4.69, 9.17) is 9.84 Å². The summed E-state index contributed by atoms with van der Waals surface area (Å²) >= 11 is 0. The first-order valence-electron chi connectivity index (χ1n) is 6.92. The number of nitrogens with one attached hydrogen (secondary N) is 2. The molecule has 0 radical (unpaired) electrons. The summed E-state index contributed by atoms with van der Waals surface area (Å²) < 4.78 is 5.20. The fourth-order valence-electron chi connectivity index (χ4n) is 1.93. The number of methoxy groups -OCH3 is 1. The van der Waals surface area contributed by atoms with Crippen LogP contribution in [0.4, 0.5) is 4.79 Å². The Balaban J connectivity index is 2.38. The number of amides is 2. The van der Waals surface area contributed by atoms with Gasteiger partial charge >= 0.3 is 12.0 Å². The molecular formula is C15H22N2O4. The summed E-state index contributed by atoms with van der Waals surface area (Å²) in [7, 11) is 1.58. The predicted octanol–water partition coefficient (Wildman–Crippen LogP) is 2.00. The molecule has 116 valence electrons. The Hall–Kier alpha value is -2.24. The zero-order valence-corrected chi connectivity index (χ0v) is 12.4. The lowest BCUT2D eigenvalue weighted by Crippen LogP contribution is -2.38. The van der Waals surface area contributed by atoms with E-state index < -0.39 is 5.97 Å². The maximum absolute atomic E-state index is 11.7. The standard InChI is InChI=1S/C15H22N2O4/c1-3-11(8-14(18)19)9-16-15(20)17-10-12-6-4-5-7-13(12)21-2/h4-7,11H,3,8-10H2,1-2H3,(H,18,19)(H2,16,17,20). The third kappa shape index (κ3) is 6.16. The Morgan fingerprint density at radius 2 is 2.00 bits per heavy atom. The van der Waals surface area contributed by atoms with Crippen molar-refractivity contribution in [1.82, 2.24) is 10.6 Å². The number of para-hydroxylation sites is 1. The number of urea groups is 1. The smallest absolute Gasteiger partial charge is 0.315 e. The van der Waals surface area contributed by atoms with Crippen LogP contribution in [-0.2, 0) is 11.3 Å². The van der Waals surface area contributed by atoms with Gasteiger partial charge in [-0.15, -0.1) is 0 Å². The molecule has 0 aromatic heterocycles. The zero-order chi connectivity index (χ0) is 15.7. The number of rotatable bonds is 8. The molecule has 21 heavy (non-hydrogen) atoms. The van der Waals surface area contributed by atoms with E-state index in [1.807, 2.05) is 31.2 Å². The summed E-state index contributed by atoms with van der Waals surface area (Å²) in [4.78, 5) is 22.4. The Bertz CT molecular complexity index is 476. The van der Waals surface area contributed by atoms with Crippen molar-refractivity contribution in [1.29, 1.82) is 0 Å². The average Bonchev–Trinajstić information content (AvgIpc) is 2.49. The van der Waals surface area contributed by atoms with Crippen LogP contribution < -0.4 is 15.4 Å². The number of hydrogen-bond acceptors (Lipinski definition) is 3. The van der Waals surface area contributed by atoms with Gasteiger partial charge in [0, 0.05) is 25.1 Å². The third-order valence-electron chi connectivity index (χ3n) is 3.22. The number of hydrogen-bond donors (Lipinski definition) is 3. The second kappa shape index (κ2) is 8.84. The topological polar surface area (TPSA) is 87.7 Å². The fraction of sp³-hybridized carbons (Fsp3) is 0.467. The molecule has 1 aromatic carbocycles. The van der Waals surface area contributed by atoms with E-state index in [0.717, 1.165) is 11.3 Å². The van der Waals surface area contributed by atoms with E-state index in [-0.39, 0.29) is 18.4 Å². The lowest BCUT2D eigenvalue weighted by Gasteiger charge is -2.14. The van der Waals surface area contributed by atoms with E-state index in [2.05, 4.69) is 10.6 Å². The van der Waals surface area contributed by atoms with Crippen molar-refractivity contribution in [2.45, 2.75) is 26.3 Å². The van der Waals surface area contributed by atoms with Gasteiger partial charge in [0.2, 0.25) is 0 Å². The van der Waals surface area contributed by atoms with Gasteiger partial charge in [-0.25, -0.2) is 4.79 Å².